The van der Waals surface area contributed by atoms with E-state index in [1.54, 1.807) is 0 Å². The monoisotopic (exact) mass is 277 g/mol. The first kappa shape index (κ1) is 15.3. The van der Waals surface area contributed by atoms with Crippen LogP contribution >= 0.6 is 0 Å². The van der Waals surface area contributed by atoms with Crippen molar-refractivity contribution in [1.82, 2.24) is 10.3 Å². The van der Waals surface area contributed by atoms with E-state index in [4.69, 9.17) is 4.74 Å². The summed E-state index contributed by atoms with van der Waals surface area (Å²) in [5, 5.41) is 3.41. The maximum atomic E-state index is 5.67. The van der Waals surface area contributed by atoms with E-state index in [0.717, 1.165) is 31.7 Å². The summed E-state index contributed by atoms with van der Waals surface area (Å²) in [7, 11) is 1.81. The molecule has 1 N–H and O–H groups in total. The number of piperidine rings is 1. The molecule has 1 aromatic heterocycles. The van der Waals surface area contributed by atoms with E-state index in [2.05, 4.69) is 48.1 Å². The van der Waals surface area contributed by atoms with Crippen molar-refractivity contribution >= 4 is 5.69 Å². The van der Waals surface area contributed by atoms with Gasteiger partial charge >= 0.3 is 0 Å². The first-order valence-corrected chi connectivity index (χ1v) is 7.51. The van der Waals surface area contributed by atoms with Crippen molar-refractivity contribution in [2.24, 2.45) is 0 Å². The van der Waals surface area contributed by atoms with Crippen LogP contribution in [0.5, 0.6) is 0 Å². The SMILES string of the molecule is COC1(C)CCCN(c2ccnc(CNC(C)C)c2)C1. The van der Waals surface area contributed by atoms with Crippen LogP contribution in [0.3, 0.4) is 0 Å². The van der Waals surface area contributed by atoms with Crippen molar-refractivity contribution in [2.45, 2.75) is 51.8 Å². The Morgan fingerprint density at radius 1 is 1.50 bits per heavy atom. The minimum absolute atomic E-state index is 0.0299. The molecule has 1 aromatic rings. The summed E-state index contributed by atoms with van der Waals surface area (Å²) in [6.07, 6.45) is 4.21. The molecule has 112 valence electrons. The molecule has 1 aliphatic heterocycles. The van der Waals surface area contributed by atoms with Crippen LogP contribution in [0.15, 0.2) is 18.3 Å². The number of methoxy groups -OCH3 is 1. The second kappa shape index (κ2) is 6.55. The molecule has 0 aliphatic carbocycles. The van der Waals surface area contributed by atoms with Crippen molar-refractivity contribution in [2.75, 3.05) is 25.1 Å². The highest BCUT2D eigenvalue weighted by Crippen LogP contribution is 2.28. The maximum absolute atomic E-state index is 5.67. The van der Waals surface area contributed by atoms with Gasteiger partial charge in [-0.2, -0.15) is 0 Å². The molecule has 1 saturated heterocycles. The normalized spacial score (nSPS) is 23.4. The quantitative estimate of drug-likeness (QED) is 0.897. The minimum Gasteiger partial charge on any atom is -0.377 e. The Morgan fingerprint density at radius 2 is 2.30 bits per heavy atom. The molecule has 1 unspecified atom stereocenters. The van der Waals surface area contributed by atoms with Gasteiger partial charge in [-0.25, -0.2) is 0 Å². The molecule has 2 heterocycles. The predicted octanol–water partition coefficient (Wildman–Crippen LogP) is 2.58. The van der Waals surface area contributed by atoms with E-state index in [1.807, 2.05) is 13.3 Å². The highest BCUT2D eigenvalue weighted by Gasteiger charge is 2.30. The predicted molar refractivity (Wildman–Crippen MR) is 83.1 cm³/mol. The Balaban J connectivity index is 2.06. The van der Waals surface area contributed by atoms with E-state index in [1.165, 1.54) is 12.1 Å². The van der Waals surface area contributed by atoms with Gasteiger partial charge in [0.05, 0.1) is 11.3 Å². The molecular formula is C16H27N3O. The van der Waals surface area contributed by atoms with Gasteiger partial charge in [-0.15, -0.1) is 0 Å². The zero-order valence-corrected chi connectivity index (χ0v) is 13.1. The Hall–Kier alpha value is -1.13. The average Bonchev–Trinajstić information content (AvgIpc) is 2.45. The van der Waals surface area contributed by atoms with Gasteiger partial charge in [-0.05, 0) is 31.9 Å². The van der Waals surface area contributed by atoms with Gasteiger partial charge in [0.25, 0.3) is 0 Å². The zero-order chi connectivity index (χ0) is 14.6. The lowest BCUT2D eigenvalue weighted by Gasteiger charge is -2.40. The van der Waals surface area contributed by atoms with Crippen LogP contribution in [0.1, 0.15) is 39.3 Å². The van der Waals surface area contributed by atoms with Gasteiger partial charge in [0.2, 0.25) is 0 Å². The van der Waals surface area contributed by atoms with Crippen LogP contribution in [0.4, 0.5) is 5.69 Å². The summed E-state index contributed by atoms with van der Waals surface area (Å²) in [6.45, 7) is 9.37. The number of rotatable bonds is 5. The second-order valence-electron chi connectivity index (χ2n) is 6.22. The molecule has 0 radical (unpaired) electrons. The van der Waals surface area contributed by atoms with Crippen LogP contribution in [-0.2, 0) is 11.3 Å². The zero-order valence-electron chi connectivity index (χ0n) is 13.1. The van der Waals surface area contributed by atoms with E-state index in [0.29, 0.717) is 6.04 Å². The summed E-state index contributed by atoms with van der Waals surface area (Å²) in [5.74, 6) is 0. The molecule has 0 amide bonds. The van der Waals surface area contributed by atoms with Gasteiger partial charge in [0.1, 0.15) is 0 Å². The van der Waals surface area contributed by atoms with Crippen LogP contribution < -0.4 is 10.2 Å². The number of nitrogens with zero attached hydrogens (tertiary/aromatic N) is 2. The topological polar surface area (TPSA) is 37.4 Å². The highest BCUT2D eigenvalue weighted by molar-refractivity contribution is 5.47. The third kappa shape index (κ3) is 3.93. The number of hydrogen-bond donors (Lipinski definition) is 1. The molecule has 0 spiro atoms. The van der Waals surface area contributed by atoms with Crippen molar-refractivity contribution in [3.63, 3.8) is 0 Å². The van der Waals surface area contributed by atoms with Crippen molar-refractivity contribution in [1.29, 1.82) is 0 Å². The van der Waals surface area contributed by atoms with E-state index >= 15 is 0 Å². The molecule has 0 bridgehead atoms. The fraction of sp³-hybridized carbons (Fsp3) is 0.688. The molecule has 0 aromatic carbocycles. The highest BCUT2D eigenvalue weighted by atomic mass is 16.5. The molecule has 2 rings (SSSR count). The van der Waals surface area contributed by atoms with E-state index in [9.17, 15) is 0 Å². The lowest BCUT2D eigenvalue weighted by Crippen LogP contribution is -2.47. The molecule has 4 nitrogen and oxygen atoms in total. The number of aromatic nitrogens is 1. The first-order valence-electron chi connectivity index (χ1n) is 7.51. The second-order valence-corrected chi connectivity index (χ2v) is 6.22. The molecule has 1 fully saturated rings. The summed E-state index contributed by atoms with van der Waals surface area (Å²) >= 11 is 0. The molecule has 4 heteroatoms. The summed E-state index contributed by atoms with van der Waals surface area (Å²) in [5.41, 5.74) is 2.32. The third-order valence-corrected chi connectivity index (χ3v) is 4.01. The lowest BCUT2D eigenvalue weighted by molar-refractivity contribution is -0.00466. The first-order chi connectivity index (χ1) is 9.52. The fourth-order valence-electron chi connectivity index (χ4n) is 2.66. The van der Waals surface area contributed by atoms with Gasteiger partial charge in [-0.3, -0.25) is 4.98 Å². The maximum Gasteiger partial charge on any atom is 0.0825 e. The Bertz CT molecular complexity index is 435. The average molecular weight is 277 g/mol. The molecular weight excluding hydrogens is 250 g/mol. The fourth-order valence-corrected chi connectivity index (χ4v) is 2.66. The number of ether oxygens (including phenoxy) is 1. The Morgan fingerprint density at radius 3 is 3.00 bits per heavy atom. The summed E-state index contributed by atoms with van der Waals surface area (Å²) in [4.78, 5) is 6.85. The van der Waals surface area contributed by atoms with Gasteiger partial charge < -0.3 is 15.0 Å². The van der Waals surface area contributed by atoms with Crippen molar-refractivity contribution < 1.29 is 4.74 Å². The smallest absolute Gasteiger partial charge is 0.0825 e. The molecule has 1 atom stereocenters. The third-order valence-electron chi connectivity index (χ3n) is 4.01. The Kier molecular flexibility index (Phi) is 5.00. The number of anilines is 1. The number of hydrogen-bond acceptors (Lipinski definition) is 4. The standard InChI is InChI=1S/C16H27N3O/c1-13(2)18-11-14-10-15(6-8-17-14)19-9-5-7-16(3,12-19)20-4/h6,8,10,13,18H,5,7,9,11-12H2,1-4H3. The summed E-state index contributed by atoms with van der Waals surface area (Å²) < 4.78 is 5.67. The van der Waals surface area contributed by atoms with Crippen LogP contribution in [-0.4, -0.2) is 36.8 Å². The van der Waals surface area contributed by atoms with Gasteiger partial charge in [-0.1, -0.05) is 13.8 Å². The lowest BCUT2D eigenvalue weighted by atomic mass is 9.94. The van der Waals surface area contributed by atoms with Crippen molar-refractivity contribution in [3.05, 3.63) is 24.0 Å². The van der Waals surface area contributed by atoms with Crippen LogP contribution in [0.25, 0.3) is 0 Å². The number of pyridine rings is 1. The van der Waals surface area contributed by atoms with Crippen molar-refractivity contribution in [3.8, 4) is 0 Å². The molecule has 0 saturated carbocycles. The number of nitrogens with one attached hydrogen (secondary N) is 1. The van der Waals surface area contributed by atoms with E-state index < -0.39 is 0 Å². The van der Waals surface area contributed by atoms with Crippen LogP contribution in [0, 0.1) is 0 Å². The van der Waals surface area contributed by atoms with E-state index in [-0.39, 0.29) is 5.60 Å². The van der Waals surface area contributed by atoms with Gasteiger partial charge in [0.15, 0.2) is 0 Å². The molecule has 1 aliphatic rings. The summed E-state index contributed by atoms with van der Waals surface area (Å²) in [6, 6.07) is 4.77. The van der Waals surface area contributed by atoms with Crippen LogP contribution in [0.2, 0.25) is 0 Å². The minimum atomic E-state index is -0.0299. The molecule has 20 heavy (non-hydrogen) atoms. The largest absolute Gasteiger partial charge is 0.377 e. The Labute approximate surface area is 122 Å². The van der Waals surface area contributed by atoms with Gasteiger partial charge in [0, 0.05) is 44.7 Å².